The fourth-order valence-corrected chi connectivity index (χ4v) is 5.31. The Morgan fingerprint density at radius 2 is 0.950 bits per heavy atom. The van der Waals surface area contributed by atoms with Crippen LogP contribution in [0.5, 0.6) is 0 Å². The van der Waals surface area contributed by atoms with Crippen molar-refractivity contribution in [2.45, 2.75) is 55.4 Å². The highest BCUT2D eigenvalue weighted by molar-refractivity contribution is 6.15. The lowest BCUT2D eigenvalue weighted by atomic mass is 10.1. The van der Waals surface area contributed by atoms with Crippen LogP contribution in [0, 0.1) is 23.7 Å². The van der Waals surface area contributed by atoms with Gasteiger partial charge < -0.3 is 9.80 Å². The third-order valence-corrected chi connectivity index (χ3v) is 7.17. The summed E-state index contributed by atoms with van der Waals surface area (Å²) in [6.45, 7) is 22.7. The molecule has 2 aromatic carbocycles. The zero-order valence-corrected chi connectivity index (χ0v) is 26.9. The maximum atomic E-state index is 2.52. The Labute approximate surface area is 245 Å². The predicted octanol–water partition coefficient (Wildman–Crippen LogP) is 8.18. The number of rotatable bonds is 12. The van der Waals surface area contributed by atoms with Gasteiger partial charge in [-0.2, -0.15) is 4.58 Å². The minimum absolute atomic E-state index is 0.639. The van der Waals surface area contributed by atoms with Crippen LogP contribution in [-0.4, -0.2) is 60.8 Å². The van der Waals surface area contributed by atoms with Crippen molar-refractivity contribution in [3.05, 3.63) is 72.8 Å². The molecule has 4 heteroatoms. The number of hydrogen-bond acceptors (Lipinski definition) is 2. The Hall–Kier alpha value is -3.14. The predicted molar refractivity (Wildman–Crippen MR) is 177 cm³/mol. The standard InChI is InChI=1S/C36H54N4/c1-27(2)23-39(24-28(3)4)35-19-15-33(16-20-35)37(9)31-11-13-32(14-12-31)38(10)34-17-21-36(22-18-34)40(25-29(5)6)26-30(7)8/h11-22,27-30H,23-26H2,1-10H3/q+2. The van der Waals surface area contributed by atoms with Gasteiger partial charge in [0.15, 0.2) is 5.71 Å². The number of hydrogen-bond donors (Lipinski definition) is 0. The molecule has 0 fully saturated rings. The molecule has 0 spiro atoms. The molecule has 0 amide bonds. The van der Waals surface area contributed by atoms with Crippen LogP contribution in [0.4, 0.5) is 22.7 Å². The Bertz CT molecular complexity index is 1170. The molecule has 0 aliphatic heterocycles. The second-order valence-corrected chi connectivity index (χ2v) is 13.1. The molecule has 0 aromatic heterocycles. The van der Waals surface area contributed by atoms with Crippen LogP contribution >= 0.6 is 0 Å². The summed E-state index contributed by atoms with van der Waals surface area (Å²) < 4.78 is 4.78. The fourth-order valence-electron chi connectivity index (χ4n) is 5.31. The van der Waals surface area contributed by atoms with Crippen molar-refractivity contribution in [1.82, 2.24) is 0 Å². The lowest BCUT2D eigenvalue weighted by molar-refractivity contribution is -0.538. The molecule has 2 aromatic rings. The maximum absolute atomic E-state index is 2.52. The van der Waals surface area contributed by atoms with Crippen LogP contribution in [0.25, 0.3) is 0 Å². The van der Waals surface area contributed by atoms with Gasteiger partial charge in [-0.25, -0.2) is 4.58 Å². The summed E-state index contributed by atoms with van der Waals surface area (Å²) in [5.74, 6) is 2.56. The molecule has 0 N–H and O–H groups in total. The van der Waals surface area contributed by atoms with Gasteiger partial charge in [-0.05, 0) is 48.2 Å². The molecule has 4 nitrogen and oxygen atoms in total. The van der Waals surface area contributed by atoms with Gasteiger partial charge in [0.05, 0.1) is 0 Å². The van der Waals surface area contributed by atoms with E-state index in [1.54, 1.807) is 0 Å². The third kappa shape index (κ3) is 8.94. The summed E-state index contributed by atoms with van der Waals surface area (Å²) in [6.07, 6.45) is 9.02. The molecule has 0 saturated heterocycles. The van der Waals surface area contributed by atoms with Crippen LogP contribution < -0.4 is 9.80 Å². The lowest BCUT2D eigenvalue weighted by Gasteiger charge is -2.29. The minimum atomic E-state index is 0.639. The summed E-state index contributed by atoms with van der Waals surface area (Å²) in [7, 11) is 4.29. The van der Waals surface area contributed by atoms with E-state index in [4.69, 9.17) is 0 Å². The van der Waals surface area contributed by atoms with E-state index in [9.17, 15) is 0 Å². The highest BCUT2D eigenvalue weighted by Gasteiger charge is 2.19. The first kappa shape index (κ1) is 31.4. The summed E-state index contributed by atoms with van der Waals surface area (Å²) in [5.41, 5.74) is 7.36. The van der Waals surface area contributed by atoms with E-state index in [2.05, 4.69) is 161 Å². The summed E-state index contributed by atoms with van der Waals surface area (Å²) in [5, 5.41) is 0. The first-order valence-corrected chi connectivity index (χ1v) is 15.2. The van der Waals surface area contributed by atoms with E-state index in [0.29, 0.717) is 23.7 Å². The largest absolute Gasteiger partial charge is 0.371 e. The maximum Gasteiger partial charge on any atom is 0.205 e. The van der Waals surface area contributed by atoms with E-state index in [1.807, 2.05) is 0 Å². The molecule has 0 unspecified atom stereocenters. The number of benzene rings is 2. The zero-order chi connectivity index (χ0) is 29.4. The average Bonchev–Trinajstić information content (AvgIpc) is 2.91. The first-order valence-electron chi connectivity index (χ1n) is 15.2. The van der Waals surface area contributed by atoms with Crippen LogP contribution in [0.15, 0.2) is 72.8 Å². The zero-order valence-electron chi connectivity index (χ0n) is 26.9. The van der Waals surface area contributed by atoms with Gasteiger partial charge in [0.1, 0.15) is 20.1 Å². The Morgan fingerprint density at radius 3 is 1.38 bits per heavy atom. The summed E-state index contributed by atoms with van der Waals surface area (Å²) in [6, 6.07) is 17.9. The molecule has 0 heterocycles. The first-order chi connectivity index (χ1) is 18.9. The smallest absolute Gasteiger partial charge is 0.205 e. The van der Waals surface area contributed by atoms with Crippen molar-refractivity contribution < 1.29 is 9.15 Å². The second kappa shape index (κ2) is 14.5. The van der Waals surface area contributed by atoms with Crippen molar-refractivity contribution in [3.8, 4) is 0 Å². The monoisotopic (exact) mass is 542 g/mol. The van der Waals surface area contributed by atoms with Crippen LogP contribution in [-0.2, 0) is 0 Å². The quantitative estimate of drug-likeness (QED) is 0.198. The second-order valence-electron chi connectivity index (χ2n) is 13.1. The lowest BCUT2D eigenvalue weighted by Crippen LogP contribution is -2.31. The van der Waals surface area contributed by atoms with Gasteiger partial charge in [0.2, 0.25) is 11.4 Å². The Morgan fingerprint density at radius 1 is 0.550 bits per heavy atom. The molecule has 0 atom stereocenters. The number of anilines is 3. The summed E-state index contributed by atoms with van der Waals surface area (Å²) in [4.78, 5) is 4.78. The number of nitrogens with zero attached hydrogens (tertiary/aromatic N) is 4. The molecule has 0 radical (unpaired) electrons. The van der Waals surface area contributed by atoms with Gasteiger partial charge in [-0.1, -0.05) is 55.4 Å². The van der Waals surface area contributed by atoms with Gasteiger partial charge in [-0.3, -0.25) is 0 Å². The van der Waals surface area contributed by atoms with Crippen molar-refractivity contribution in [2.75, 3.05) is 50.1 Å². The molecular weight excluding hydrogens is 488 g/mol. The molecule has 0 saturated carbocycles. The van der Waals surface area contributed by atoms with E-state index >= 15 is 0 Å². The van der Waals surface area contributed by atoms with Gasteiger partial charge >= 0.3 is 0 Å². The van der Waals surface area contributed by atoms with Crippen molar-refractivity contribution in [1.29, 1.82) is 0 Å². The van der Waals surface area contributed by atoms with Crippen molar-refractivity contribution in [3.63, 3.8) is 0 Å². The highest BCUT2D eigenvalue weighted by Crippen LogP contribution is 2.28. The van der Waals surface area contributed by atoms with E-state index < -0.39 is 0 Å². The van der Waals surface area contributed by atoms with Gasteiger partial charge in [0.25, 0.3) is 0 Å². The molecule has 216 valence electrons. The molecule has 3 rings (SSSR count). The molecule has 40 heavy (non-hydrogen) atoms. The van der Waals surface area contributed by atoms with Crippen LogP contribution in [0.2, 0.25) is 0 Å². The molecule has 1 aliphatic rings. The van der Waals surface area contributed by atoms with E-state index in [1.165, 1.54) is 34.2 Å². The minimum Gasteiger partial charge on any atom is -0.371 e. The topological polar surface area (TPSA) is 12.5 Å². The SMILES string of the molecule is CC(C)CN(CC(C)C)c1ccc(N(C)c2ccc([N+](C)=C3C=CC(=[N+](CC(C)C)CC(C)C)C=C3)cc2)cc1. The van der Waals surface area contributed by atoms with Gasteiger partial charge in [0, 0.05) is 85.5 Å². The average molecular weight is 543 g/mol. The van der Waals surface area contributed by atoms with Crippen molar-refractivity contribution >= 4 is 34.2 Å². The fraction of sp³-hybridized carbons (Fsp3) is 0.500. The Kier molecular flexibility index (Phi) is 11.4. The normalized spacial score (nSPS) is 13.2. The van der Waals surface area contributed by atoms with Crippen molar-refractivity contribution in [2.24, 2.45) is 23.7 Å². The van der Waals surface area contributed by atoms with Crippen LogP contribution in [0.3, 0.4) is 0 Å². The molecule has 1 aliphatic carbocycles. The van der Waals surface area contributed by atoms with Gasteiger partial charge in [-0.15, -0.1) is 0 Å². The number of allylic oxidation sites excluding steroid dienone is 4. The molecular formula is C36H54N4+2. The van der Waals surface area contributed by atoms with E-state index in [-0.39, 0.29) is 0 Å². The molecule has 0 bridgehead atoms. The highest BCUT2D eigenvalue weighted by atomic mass is 15.1. The van der Waals surface area contributed by atoms with Crippen LogP contribution in [0.1, 0.15) is 55.4 Å². The summed E-state index contributed by atoms with van der Waals surface area (Å²) >= 11 is 0. The third-order valence-electron chi connectivity index (χ3n) is 7.17. The Balaban J connectivity index is 1.75. The van der Waals surface area contributed by atoms with E-state index in [0.717, 1.165) is 26.2 Å².